The van der Waals surface area contributed by atoms with E-state index < -0.39 is 10.4 Å². The topological polar surface area (TPSA) is 101 Å². The molecule has 1 aromatic rings. The number of rotatable bonds is 2. The summed E-state index contributed by atoms with van der Waals surface area (Å²) < 4.78 is 31.6. The van der Waals surface area contributed by atoms with Gasteiger partial charge in [-0.3, -0.25) is 9.11 Å². The third-order valence-electron chi connectivity index (χ3n) is 1.40. The van der Waals surface area contributed by atoms with Crippen LogP contribution in [0.3, 0.4) is 0 Å². The Morgan fingerprint density at radius 3 is 1.88 bits per heavy atom. The molecule has 5 nitrogen and oxygen atoms in total. The van der Waals surface area contributed by atoms with E-state index in [1.54, 1.807) is 0 Å². The number of hydrogen-bond acceptors (Lipinski definition) is 3. The molecule has 0 heterocycles. The van der Waals surface area contributed by atoms with E-state index in [1.165, 1.54) is 5.56 Å². The van der Waals surface area contributed by atoms with Crippen molar-refractivity contribution in [3.63, 3.8) is 0 Å². The Morgan fingerprint density at radius 2 is 1.59 bits per heavy atom. The molecule has 1 rings (SSSR count). The van der Waals surface area contributed by atoms with E-state index >= 15 is 0 Å². The van der Waals surface area contributed by atoms with Crippen molar-refractivity contribution in [2.75, 3.05) is 0 Å². The molecule has 0 unspecified atom stereocenters. The van der Waals surface area contributed by atoms with Crippen LogP contribution in [0.15, 0.2) is 30.3 Å². The van der Waals surface area contributed by atoms with E-state index in [0.29, 0.717) is 0 Å². The van der Waals surface area contributed by atoms with E-state index in [0.717, 1.165) is 6.42 Å². The molecule has 0 aliphatic rings. The van der Waals surface area contributed by atoms with Gasteiger partial charge in [-0.25, -0.2) is 0 Å². The molecule has 8 heteroatoms. The van der Waals surface area contributed by atoms with Crippen molar-refractivity contribution < 1.29 is 51.1 Å². The fraction of sp³-hybridized carbons (Fsp3) is 0.333. The molecule has 0 saturated heterocycles. The molecule has 0 aliphatic carbocycles. The van der Waals surface area contributed by atoms with Crippen molar-refractivity contribution in [3.05, 3.63) is 35.9 Å². The van der Waals surface area contributed by atoms with E-state index in [9.17, 15) is 0 Å². The van der Waals surface area contributed by atoms with Gasteiger partial charge in [-0.15, -0.1) is 0 Å². The zero-order chi connectivity index (χ0) is 11.9. The van der Waals surface area contributed by atoms with Crippen LogP contribution in [0.5, 0.6) is 0 Å². The summed E-state index contributed by atoms with van der Waals surface area (Å²) in [5, 5.41) is 0. The summed E-state index contributed by atoms with van der Waals surface area (Å²) in [6.07, 6.45) is 0.973. The first-order valence-corrected chi connectivity index (χ1v) is 5.68. The Balaban J connectivity index is -0.000000247. The van der Waals surface area contributed by atoms with Crippen molar-refractivity contribution in [1.82, 2.24) is 0 Å². The molecule has 1 aromatic carbocycles. The van der Waals surface area contributed by atoms with Gasteiger partial charge in [-0.05, 0) is 18.9 Å². The standard InChI is InChI=1S/C9H13N.Fe.Ni.H2O4S/c1-8(10)7-9-5-3-2-4-6-9;;;1-5(2,3)4/h2-6,8H,7,10H2,1H3;;;(H2,1,2,3,4)/t8-;;;/m0.../s1. The van der Waals surface area contributed by atoms with E-state index in [2.05, 4.69) is 12.1 Å². The van der Waals surface area contributed by atoms with Crippen LogP contribution in [0.1, 0.15) is 12.5 Å². The Bertz CT molecular complexity index is 364. The van der Waals surface area contributed by atoms with Gasteiger partial charge in [0.1, 0.15) is 0 Å². The maximum atomic E-state index is 8.74. The van der Waals surface area contributed by atoms with Gasteiger partial charge in [-0.2, -0.15) is 8.42 Å². The third-order valence-corrected chi connectivity index (χ3v) is 1.40. The van der Waals surface area contributed by atoms with Crippen LogP contribution in [0.4, 0.5) is 0 Å². The van der Waals surface area contributed by atoms with Crippen LogP contribution in [0.25, 0.3) is 0 Å². The van der Waals surface area contributed by atoms with Crippen LogP contribution in [0, 0.1) is 0 Å². The zero-order valence-electron chi connectivity index (χ0n) is 9.04. The zero-order valence-corrected chi connectivity index (χ0v) is 11.9. The summed E-state index contributed by atoms with van der Waals surface area (Å²) in [6.45, 7) is 2.02. The van der Waals surface area contributed by atoms with Gasteiger partial charge < -0.3 is 5.73 Å². The van der Waals surface area contributed by atoms with Gasteiger partial charge in [0.05, 0.1) is 0 Å². The van der Waals surface area contributed by atoms with E-state index in [-0.39, 0.29) is 39.6 Å². The molecule has 0 aliphatic heterocycles. The predicted molar refractivity (Wildman–Crippen MR) is 58.0 cm³/mol. The minimum absolute atomic E-state index is 0. The fourth-order valence-electron chi connectivity index (χ4n) is 0.986. The van der Waals surface area contributed by atoms with Gasteiger partial charge in [-0.1, -0.05) is 30.3 Å². The van der Waals surface area contributed by atoms with Gasteiger partial charge in [0.15, 0.2) is 0 Å². The van der Waals surface area contributed by atoms with Crippen molar-refractivity contribution in [3.8, 4) is 0 Å². The second-order valence-corrected chi connectivity index (χ2v) is 4.01. The SMILES string of the molecule is C[C@H](N)Cc1ccccc1.O=S(=O)(O)O.[Fe].[Ni]. The van der Waals surface area contributed by atoms with Crippen LogP contribution in [0.2, 0.25) is 0 Å². The van der Waals surface area contributed by atoms with Crippen LogP contribution < -0.4 is 5.73 Å². The fourth-order valence-corrected chi connectivity index (χ4v) is 0.986. The summed E-state index contributed by atoms with van der Waals surface area (Å²) in [7, 11) is -4.67. The summed E-state index contributed by atoms with van der Waals surface area (Å²) in [6, 6.07) is 10.6. The van der Waals surface area contributed by atoms with Gasteiger partial charge in [0.25, 0.3) is 0 Å². The first kappa shape index (κ1) is 22.3. The normalized spacial score (nSPS) is 11.1. The molecule has 0 bridgehead atoms. The molecule has 17 heavy (non-hydrogen) atoms. The van der Waals surface area contributed by atoms with Gasteiger partial charge >= 0.3 is 10.4 Å². The maximum absolute atomic E-state index is 8.74. The van der Waals surface area contributed by atoms with Crippen LogP contribution in [-0.4, -0.2) is 23.6 Å². The Labute approximate surface area is 122 Å². The molecule has 4 N–H and O–H groups in total. The monoisotopic (exact) mass is 347 g/mol. The smallest absolute Gasteiger partial charge is 0.328 e. The quantitative estimate of drug-likeness (QED) is 0.545. The molecule has 1 atom stereocenters. The number of benzene rings is 1. The minimum atomic E-state index is -4.67. The van der Waals surface area contributed by atoms with Crippen molar-refractivity contribution in [1.29, 1.82) is 0 Å². The third kappa shape index (κ3) is 21.8. The summed E-state index contributed by atoms with van der Waals surface area (Å²) in [5.74, 6) is 0. The first-order chi connectivity index (χ1) is 6.79. The predicted octanol–water partition coefficient (Wildman–Crippen LogP) is 0.919. The molecule has 0 fully saturated rings. The van der Waals surface area contributed by atoms with Crippen molar-refractivity contribution >= 4 is 10.4 Å². The van der Waals surface area contributed by atoms with E-state index in [1.807, 2.05) is 25.1 Å². The molecule has 0 amide bonds. The minimum Gasteiger partial charge on any atom is -0.328 e. The molecular weight excluding hydrogens is 333 g/mol. The van der Waals surface area contributed by atoms with Crippen molar-refractivity contribution in [2.45, 2.75) is 19.4 Å². The van der Waals surface area contributed by atoms with Gasteiger partial charge in [0, 0.05) is 39.6 Å². The van der Waals surface area contributed by atoms with Gasteiger partial charge in [0.2, 0.25) is 0 Å². The maximum Gasteiger partial charge on any atom is 0.394 e. The Hall–Kier alpha value is 0.0630. The molecule has 0 aromatic heterocycles. The molecule has 0 saturated carbocycles. The molecule has 0 radical (unpaired) electrons. The molecule has 104 valence electrons. The first-order valence-electron chi connectivity index (χ1n) is 4.28. The second kappa shape index (κ2) is 11.2. The second-order valence-electron chi connectivity index (χ2n) is 3.11. The average molecular weight is 348 g/mol. The largest absolute Gasteiger partial charge is 0.394 e. The van der Waals surface area contributed by atoms with Crippen LogP contribution in [-0.2, 0) is 50.4 Å². The van der Waals surface area contributed by atoms with Crippen molar-refractivity contribution in [2.24, 2.45) is 5.73 Å². The molecule has 0 spiro atoms. The van der Waals surface area contributed by atoms with Crippen LogP contribution >= 0.6 is 0 Å². The number of nitrogens with two attached hydrogens (primary N) is 1. The summed E-state index contributed by atoms with van der Waals surface area (Å²) in [5.41, 5.74) is 6.94. The Kier molecular flexibility index (Phi) is 14.6. The van der Waals surface area contributed by atoms with E-state index in [4.69, 9.17) is 23.3 Å². The summed E-state index contributed by atoms with van der Waals surface area (Å²) in [4.78, 5) is 0. The summed E-state index contributed by atoms with van der Waals surface area (Å²) >= 11 is 0. The Morgan fingerprint density at radius 1 is 1.24 bits per heavy atom. The molecular formula is C9H15FeNNiO4S. The number of hydrogen-bond donors (Lipinski definition) is 3. The average Bonchev–Trinajstić information content (AvgIpc) is 2.01.